The van der Waals surface area contributed by atoms with Crippen molar-refractivity contribution in [2.45, 2.75) is 26.3 Å². The minimum Gasteiger partial charge on any atom is -0.347 e. The van der Waals surface area contributed by atoms with Gasteiger partial charge in [-0.25, -0.2) is 0 Å². The average Bonchev–Trinajstić information content (AvgIpc) is 2.67. The van der Waals surface area contributed by atoms with E-state index in [-0.39, 0.29) is 0 Å². The summed E-state index contributed by atoms with van der Waals surface area (Å²) in [4.78, 5) is 0. The number of nitrogens with one attached hydrogen (secondary N) is 1. The van der Waals surface area contributed by atoms with Crippen LogP contribution in [0.25, 0.3) is 10.9 Å². The van der Waals surface area contributed by atoms with E-state index in [1.54, 1.807) is 0 Å². The summed E-state index contributed by atoms with van der Waals surface area (Å²) in [6.07, 6.45) is 4.67. The van der Waals surface area contributed by atoms with Gasteiger partial charge >= 0.3 is 0 Å². The van der Waals surface area contributed by atoms with Gasteiger partial charge < -0.3 is 9.88 Å². The Bertz CT molecular complexity index is 457. The van der Waals surface area contributed by atoms with Crippen molar-refractivity contribution in [3.8, 4) is 0 Å². The number of aromatic nitrogens is 1. The highest BCUT2D eigenvalue weighted by Gasteiger charge is 2.00. The highest BCUT2D eigenvalue weighted by Crippen LogP contribution is 2.17. The van der Waals surface area contributed by atoms with Crippen molar-refractivity contribution in [1.82, 2.24) is 9.88 Å². The summed E-state index contributed by atoms with van der Waals surface area (Å²) >= 11 is 0. The third-order valence-electron chi connectivity index (χ3n) is 3.00. The standard InChI is InChI=1S/C14H20N2/c1-12-5-6-14-13(11-12)7-10-16(14)9-4-3-8-15-2/h5-7,10-11,15H,3-4,8-9H2,1-2H3. The van der Waals surface area contributed by atoms with Crippen molar-refractivity contribution in [2.75, 3.05) is 13.6 Å². The predicted molar refractivity (Wildman–Crippen MR) is 69.8 cm³/mol. The van der Waals surface area contributed by atoms with Crippen LogP contribution in [0.5, 0.6) is 0 Å². The topological polar surface area (TPSA) is 17.0 Å². The molecule has 16 heavy (non-hydrogen) atoms. The number of hydrogen-bond acceptors (Lipinski definition) is 1. The lowest BCUT2D eigenvalue weighted by Crippen LogP contribution is -2.08. The number of nitrogens with zero attached hydrogens (tertiary/aromatic N) is 1. The maximum absolute atomic E-state index is 3.18. The quantitative estimate of drug-likeness (QED) is 0.760. The molecule has 0 bridgehead atoms. The largest absolute Gasteiger partial charge is 0.347 e. The van der Waals surface area contributed by atoms with E-state index in [4.69, 9.17) is 0 Å². The summed E-state index contributed by atoms with van der Waals surface area (Å²) in [6, 6.07) is 8.87. The van der Waals surface area contributed by atoms with Gasteiger partial charge in [0.15, 0.2) is 0 Å². The van der Waals surface area contributed by atoms with Gasteiger partial charge in [0.05, 0.1) is 0 Å². The summed E-state index contributed by atoms with van der Waals surface area (Å²) in [5, 5.41) is 4.54. The van der Waals surface area contributed by atoms with Crippen LogP contribution >= 0.6 is 0 Å². The molecule has 0 aliphatic heterocycles. The Morgan fingerprint density at radius 2 is 2.06 bits per heavy atom. The van der Waals surface area contributed by atoms with E-state index in [0.717, 1.165) is 13.1 Å². The molecular weight excluding hydrogens is 196 g/mol. The molecule has 86 valence electrons. The van der Waals surface area contributed by atoms with E-state index in [0.29, 0.717) is 0 Å². The molecule has 0 aliphatic carbocycles. The third-order valence-corrected chi connectivity index (χ3v) is 3.00. The molecule has 1 N–H and O–H groups in total. The molecule has 0 fully saturated rings. The van der Waals surface area contributed by atoms with Crippen LogP contribution < -0.4 is 5.32 Å². The Hall–Kier alpha value is -1.28. The minimum absolute atomic E-state index is 1.11. The van der Waals surface area contributed by atoms with Gasteiger partial charge in [-0.05, 0) is 56.9 Å². The molecule has 1 heterocycles. The Morgan fingerprint density at radius 1 is 1.19 bits per heavy atom. The molecule has 0 saturated carbocycles. The van der Waals surface area contributed by atoms with Gasteiger partial charge in [0.25, 0.3) is 0 Å². The van der Waals surface area contributed by atoms with Gasteiger partial charge in [-0.3, -0.25) is 0 Å². The molecule has 2 nitrogen and oxygen atoms in total. The summed E-state index contributed by atoms with van der Waals surface area (Å²) < 4.78 is 2.35. The number of rotatable bonds is 5. The van der Waals surface area contributed by atoms with Crippen molar-refractivity contribution in [2.24, 2.45) is 0 Å². The molecule has 1 aromatic heterocycles. The molecule has 0 saturated heterocycles. The maximum atomic E-state index is 3.18. The molecular formula is C14H20N2. The van der Waals surface area contributed by atoms with Gasteiger partial charge in [0.1, 0.15) is 0 Å². The summed E-state index contributed by atoms with van der Waals surface area (Å²) in [5.74, 6) is 0. The number of unbranched alkanes of at least 4 members (excludes halogenated alkanes) is 1. The smallest absolute Gasteiger partial charge is 0.0480 e. The van der Waals surface area contributed by atoms with Crippen LogP contribution in [0.4, 0.5) is 0 Å². The van der Waals surface area contributed by atoms with Crippen LogP contribution in [0, 0.1) is 6.92 Å². The van der Waals surface area contributed by atoms with Crippen molar-refractivity contribution < 1.29 is 0 Å². The Morgan fingerprint density at radius 3 is 2.88 bits per heavy atom. The third kappa shape index (κ3) is 2.45. The highest BCUT2D eigenvalue weighted by atomic mass is 14.9. The van der Waals surface area contributed by atoms with Crippen molar-refractivity contribution >= 4 is 10.9 Å². The zero-order valence-electron chi connectivity index (χ0n) is 10.2. The minimum atomic E-state index is 1.11. The Labute approximate surface area is 97.3 Å². The van der Waals surface area contributed by atoms with E-state index >= 15 is 0 Å². The second-order valence-electron chi connectivity index (χ2n) is 4.38. The molecule has 1 aromatic carbocycles. The van der Waals surface area contributed by atoms with Gasteiger partial charge in [-0.15, -0.1) is 0 Å². The van der Waals surface area contributed by atoms with E-state index in [1.807, 2.05) is 7.05 Å². The average molecular weight is 216 g/mol. The molecule has 0 aliphatic rings. The van der Waals surface area contributed by atoms with Crippen LogP contribution in [0.15, 0.2) is 30.5 Å². The molecule has 2 aromatic rings. The van der Waals surface area contributed by atoms with Gasteiger partial charge in [0.2, 0.25) is 0 Å². The maximum Gasteiger partial charge on any atom is 0.0480 e. The summed E-state index contributed by atoms with van der Waals surface area (Å²) in [5.41, 5.74) is 2.69. The SMILES string of the molecule is CNCCCCn1ccc2cc(C)ccc21. The fourth-order valence-corrected chi connectivity index (χ4v) is 2.10. The first-order valence-corrected chi connectivity index (χ1v) is 6.01. The molecule has 2 rings (SSSR count). The highest BCUT2D eigenvalue weighted by molar-refractivity contribution is 5.80. The first-order valence-electron chi connectivity index (χ1n) is 6.01. The van der Waals surface area contributed by atoms with Gasteiger partial charge in [-0.1, -0.05) is 11.6 Å². The Balaban J connectivity index is 2.07. The Kier molecular flexibility index (Phi) is 3.62. The van der Waals surface area contributed by atoms with E-state index in [1.165, 1.54) is 29.3 Å². The summed E-state index contributed by atoms with van der Waals surface area (Å²) in [7, 11) is 2.01. The lowest BCUT2D eigenvalue weighted by molar-refractivity contribution is 0.603. The first-order chi connectivity index (χ1) is 7.81. The van der Waals surface area contributed by atoms with E-state index in [2.05, 4.69) is 47.3 Å². The van der Waals surface area contributed by atoms with Crippen LogP contribution in [0.2, 0.25) is 0 Å². The van der Waals surface area contributed by atoms with Gasteiger partial charge in [-0.2, -0.15) is 0 Å². The zero-order chi connectivity index (χ0) is 11.4. The zero-order valence-corrected chi connectivity index (χ0v) is 10.2. The normalized spacial score (nSPS) is 11.1. The molecule has 0 amide bonds. The lowest BCUT2D eigenvalue weighted by Gasteiger charge is -2.05. The van der Waals surface area contributed by atoms with Crippen LogP contribution in [-0.4, -0.2) is 18.2 Å². The van der Waals surface area contributed by atoms with Crippen molar-refractivity contribution in [1.29, 1.82) is 0 Å². The second kappa shape index (κ2) is 5.17. The summed E-state index contributed by atoms with van der Waals surface area (Å²) in [6.45, 7) is 4.37. The monoisotopic (exact) mass is 216 g/mol. The van der Waals surface area contributed by atoms with Crippen molar-refractivity contribution in [3.63, 3.8) is 0 Å². The van der Waals surface area contributed by atoms with E-state index in [9.17, 15) is 0 Å². The lowest BCUT2D eigenvalue weighted by atomic mass is 10.2. The van der Waals surface area contributed by atoms with Crippen molar-refractivity contribution in [3.05, 3.63) is 36.0 Å². The predicted octanol–water partition coefficient (Wildman–Crippen LogP) is 2.95. The van der Waals surface area contributed by atoms with Crippen LogP contribution in [0.3, 0.4) is 0 Å². The molecule has 0 unspecified atom stereocenters. The second-order valence-corrected chi connectivity index (χ2v) is 4.38. The van der Waals surface area contributed by atoms with Gasteiger partial charge in [0, 0.05) is 18.3 Å². The number of benzene rings is 1. The molecule has 2 heteroatoms. The number of aryl methyl sites for hydroxylation is 2. The fourth-order valence-electron chi connectivity index (χ4n) is 2.10. The fraction of sp³-hybridized carbons (Fsp3) is 0.429. The molecule has 0 spiro atoms. The number of hydrogen-bond donors (Lipinski definition) is 1. The van der Waals surface area contributed by atoms with Crippen LogP contribution in [0.1, 0.15) is 18.4 Å². The first kappa shape index (κ1) is 11.2. The molecule has 0 atom stereocenters. The van der Waals surface area contributed by atoms with E-state index < -0.39 is 0 Å². The number of fused-ring (bicyclic) bond motifs is 1. The van der Waals surface area contributed by atoms with Crippen LogP contribution in [-0.2, 0) is 6.54 Å². The molecule has 0 radical (unpaired) electrons.